The number of methoxy groups -OCH3 is 2. The van der Waals surface area contributed by atoms with E-state index in [9.17, 15) is 9.59 Å². The number of benzene rings is 1. The van der Waals surface area contributed by atoms with Crippen molar-refractivity contribution in [2.75, 3.05) is 27.4 Å². The molecule has 0 amide bonds. The molecule has 0 saturated carbocycles. The van der Waals surface area contributed by atoms with Crippen LogP contribution in [-0.4, -0.2) is 39.2 Å². The van der Waals surface area contributed by atoms with E-state index in [1.807, 2.05) is 42.6 Å². The third kappa shape index (κ3) is 4.36. The fourth-order valence-electron chi connectivity index (χ4n) is 4.48. The Morgan fingerprint density at radius 2 is 2.00 bits per heavy atom. The van der Waals surface area contributed by atoms with E-state index in [0.29, 0.717) is 35.6 Å². The van der Waals surface area contributed by atoms with Crippen LogP contribution in [-0.2, 0) is 19.1 Å². The fraction of sp³-hybridized carbons (Fsp3) is 0.360. The van der Waals surface area contributed by atoms with E-state index in [-0.39, 0.29) is 18.3 Å². The predicted molar refractivity (Wildman–Crippen MR) is 123 cm³/mol. The zero-order valence-electron chi connectivity index (χ0n) is 18.5. The zero-order chi connectivity index (χ0) is 22.7. The minimum absolute atomic E-state index is 0.0552. The first-order valence-electron chi connectivity index (χ1n) is 10.6. The van der Waals surface area contributed by atoms with Gasteiger partial charge in [-0.2, -0.15) is 0 Å². The lowest BCUT2D eigenvalue weighted by Gasteiger charge is -2.36. The number of nitrogens with one attached hydrogen (secondary N) is 1. The van der Waals surface area contributed by atoms with Crippen LogP contribution in [0.5, 0.6) is 5.75 Å². The molecule has 2 aliphatic rings. The van der Waals surface area contributed by atoms with Gasteiger partial charge in [-0.05, 0) is 42.5 Å². The number of rotatable bonds is 7. The normalized spacial score (nSPS) is 20.7. The number of carbonyl (C=O) groups excluding carboxylic acids is 2. The number of allylic oxidation sites excluding steroid dienone is 3. The molecule has 4 rings (SSSR count). The molecule has 0 saturated heterocycles. The zero-order valence-corrected chi connectivity index (χ0v) is 19.3. The highest BCUT2D eigenvalue weighted by atomic mass is 32.1. The molecule has 2 unspecified atom stereocenters. The van der Waals surface area contributed by atoms with Crippen LogP contribution in [0.1, 0.15) is 42.0 Å². The molecule has 2 heterocycles. The van der Waals surface area contributed by atoms with E-state index in [2.05, 4.69) is 11.4 Å². The Morgan fingerprint density at radius 1 is 1.16 bits per heavy atom. The summed E-state index contributed by atoms with van der Waals surface area (Å²) in [6, 6.07) is 11.6. The molecule has 1 aliphatic carbocycles. The van der Waals surface area contributed by atoms with Crippen molar-refractivity contribution in [3.8, 4) is 5.75 Å². The summed E-state index contributed by atoms with van der Waals surface area (Å²) < 4.78 is 15.9. The summed E-state index contributed by atoms with van der Waals surface area (Å²) >= 11 is 1.67. The number of ether oxygens (including phenoxy) is 3. The molecular weight excluding hydrogens is 426 g/mol. The smallest absolute Gasteiger partial charge is 0.336 e. The van der Waals surface area contributed by atoms with E-state index in [1.165, 1.54) is 4.88 Å². The van der Waals surface area contributed by atoms with Crippen molar-refractivity contribution in [2.45, 2.75) is 31.6 Å². The lowest BCUT2D eigenvalue weighted by atomic mass is 9.72. The van der Waals surface area contributed by atoms with Crippen molar-refractivity contribution >= 4 is 23.1 Å². The van der Waals surface area contributed by atoms with Crippen molar-refractivity contribution < 1.29 is 23.8 Å². The van der Waals surface area contributed by atoms with Crippen molar-refractivity contribution in [2.24, 2.45) is 0 Å². The second-order valence-corrected chi connectivity index (χ2v) is 8.92. The van der Waals surface area contributed by atoms with Crippen LogP contribution >= 0.6 is 11.3 Å². The molecule has 0 fully saturated rings. The van der Waals surface area contributed by atoms with Gasteiger partial charge in [-0.25, -0.2) is 4.79 Å². The minimum Gasteiger partial charge on any atom is -0.497 e. The third-order valence-corrected chi connectivity index (χ3v) is 6.98. The van der Waals surface area contributed by atoms with Crippen LogP contribution in [0.4, 0.5) is 0 Å². The number of dihydropyridines is 1. The first kappa shape index (κ1) is 22.3. The molecule has 168 valence electrons. The van der Waals surface area contributed by atoms with Crippen molar-refractivity contribution in [3.05, 3.63) is 74.8 Å². The van der Waals surface area contributed by atoms with E-state index in [4.69, 9.17) is 14.2 Å². The Balaban J connectivity index is 1.76. The number of hydrogen-bond acceptors (Lipinski definition) is 7. The minimum atomic E-state index is -0.506. The SMILES string of the molecule is COCCOC(=O)C1=C(C)NC2=C(C(=O)CC(c3cccs3)C2)C1c1cccc(OC)c1. The molecule has 32 heavy (non-hydrogen) atoms. The highest BCUT2D eigenvalue weighted by molar-refractivity contribution is 7.10. The van der Waals surface area contributed by atoms with Crippen LogP contribution in [0.25, 0.3) is 0 Å². The molecule has 1 aromatic heterocycles. The maximum atomic E-state index is 13.5. The van der Waals surface area contributed by atoms with Gasteiger partial charge in [0, 0.05) is 47.2 Å². The number of Topliss-reactive ketones (excluding diaryl/α,β-unsaturated/α-hetero) is 1. The van der Waals surface area contributed by atoms with Crippen LogP contribution in [0.3, 0.4) is 0 Å². The summed E-state index contributed by atoms with van der Waals surface area (Å²) in [5.74, 6) is -0.0807. The standard InChI is InChI=1S/C25H27NO5S/c1-15-22(25(28)31-10-9-29-2)23(16-6-4-7-18(12-16)30-3)24-19(26-15)13-17(14-20(24)27)21-8-5-11-32-21/h4-8,11-12,17,23,26H,9-10,13-14H2,1-3H3. The summed E-state index contributed by atoms with van der Waals surface area (Å²) in [6.07, 6.45) is 1.15. The Morgan fingerprint density at radius 3 is 2.72 bits per heavy atom. The molecule has 1 aromatic carbocycles. The van der Waals surface area contributed by atoms with Crippen molar-refractivity contribution in [1.82, 2.24) is 5.32 Å². The van der Waals surface area contributed by atoms with Gasteiger partial charge in [0.2, 0.25) is 0 Å². The van der Waals surface area contributed by atoms with Gasteiger partial charge in [0.15, 0.2) is 5.78 Å². The number of thiophene rings is 1. The Labute approximate surface area is 191 Å². The van der Waals surface area contributed by atoms with Crippen LogP contribution < -0.4 is 10.1 Å². The highest BCUT2D eigenvalue weighted by Crippen LogP contribution is 2.46. The molecular formula is C25H27NO5S. The van der Waals surface area contributed by atoms with E-state index in [1.54, 1.807) is 25.6 Å². The molecule has 1 aliphatic heterocycles. The Hall–Kier alpha value is -2.90. The molecule has 1 N–H and O–H groups in total. The monoisotopic (exact) mass is 453 g/mol. The molecule has 7 heteroatoms. The average molecular weight is 454 g/mol. The molecule has 2 aromatic rings. The van der Waals surface area contributed by atoms with Crippen molar-refractivity contribution in [1.29, 1.82) is 0 Å². The van der Waals surface area contributed by atoms with Gasteiger partial charge < -0.3 is 19.5 Å². The summed E-state index contributed by atoms with van der Waals surface area (Å²) in [6.45, 7) is 2.32. The lowest BCUT2D eigenvalue weighted by Crippen LogP contribution is -2.36. The second-order valence-electron chi connectivity index (χ2n) is 7.94. The van der Waals surface area contributed by atoms with Gasteiger partial charge in [0.1, 0.15) is 12.4 Å². The largest absolute Gasteiger partial charge is 0.497 e. The van der Waals surface area contributed by atoms with E-state index < -0.39 is 11.9 Å². The van der Waals surface area contributed by atoms with Gasteiger partial charge in [0.05, 0.1) is 19.3 Å². The molecule has 0 bridgehead atoms. The first-order chi connectivity index (χ1) is 15.5. The first-order valence-corrected chi connectivity index (χ1v) is 11.5. The average Bonchev–Trinajstić information content (AvgIpc) is 3.33. The number of hydrogen-bond donors (Lipinski definition) is 1. The van der Waals surface area contributed by atoms with Gasteiger partial charge in [-0.1, -0.05) is 18.2 Å². The van der Waals surface area contributed by atoms with E-state index in [0.717, 1.165) is 17.7 Å². The Kier molecular flexibility index (Phi) is 6.77. The van der Waals surface area contributed by atoms with Gasteiger partial charge in [-0.3, -0.25) is 4.79 Å². The molecule has 0 spiro atoms. The third-order valence-electron chi connectivity index (χ3n) is 5.94. The number of esters is 1. The summed E-state index contributed by atoms with van der Waals surface area (Å²) in [7, 11) is 3.16. The van der Waals surface area contributed by atoms with Crippen molar-refractivity contribution in [3.63, 3.8) is 0 Å². The molecule has 0 radical (unpaired) electrons. The maximum absolute atomic E-state index is 13.5. The summed E-state index contributed by atoms with van der Waals surface area (Å²) in [5.41, 5.74) is 3.53. The van der Waals surface area contributed by atoms with Crippen LogP contribution in [0, 0.1) is 0 Å². The number of ketones is 1. The van der Waals surface area contributed by atoms with Gasteiger partial charge >= 0.3 is 5.97 Å². The predicted octanol–water partition coefficient (Wildman–Crippen LogP) is 4.31. The number of carbonyl (C=O) groups is 2. The quantitative estimate of drug-likeness (QED) is 0.498. The van der Waals surface area contributed by atoms with Gasteiger partial charge in [-0.15, -0.1) is 11.3 Å². The summed E-state index contributed by atoms with van der Waals surface area (Å²) in [4.78, 5) is 27.8. The maximum Gasteiger partial charge on any atom is 0.336 e. The Bertz CT molecular complexity index is 1070. The van der Waals surface area contributed by atoms with E-state index >= 15 is 0 Å². The molecule has 6 nitrogen and oxygen atoms in total. The van der Waals surface area contributed by atoms with Crippen LogP contribution in [0.15, 0.2) is 64.3 Å². The second kappa shape index (κ2) is 9.71. The lowest BCUT2D eigenvalue weighted by molar-refractivity contribution is -0.140. The topological polar surface area (TPSA) is 73.9 Å². The molecule has 2 atom stereocenters. The van der Waals surface area contributed by atoms with Gasteiger partial charge in [0.25, 0.3) is 0 Å². The summed E-state index contributed by atoms with van der Waals surface area (Å²) in [5, 5.41) is 5.41. The highest BCUT2D eigenvalue weighted by Gasteiger charge is 2.41. The fourth-order valence-corrected chi connectivity index (χ4v) is 5.31. The van der Waals surface area contributed by atoms with Crippen LogP contribution in [0.2, 0.25) is 0 Å².